The summed E-state index contributed by atoms with van der Waals surface area (Å²) in [6.07, 6.45) is 4.26. The van der Waals surface area contributed by atoms with Gasteiger partial charge in [0.2, 0.25) is 0 Å². The number of aromatic amines is 1. The molecule has 1 aromatic carbocycles. The van der Waals surface area contributed by atoms with Gasteiger partial charge in [-0.1, -0.05) is 32.4 Å². The third-order valence-corrected chi connectivity index (χ3v) is 2.79. The molecule has 1 unspecified atom stereocenters. The quantitative estimate of drug-likeness (QED) is 0.789. The molecule has 1 N–H and O–H groups in total. The number of rotatable bonds is 3. The first-order chi connectivity index (χ1) is 6.79. The van der Waals surface area contributed by atoms with Gasteiger partial charge in [0.05, 0.1) is 11.7 Å². The smallest absolute Gasteiger partial charge is 0.0653 e. The molecule has 1 heterocycles. The van der Waals surface area contributed by atoms with Crippen molar-refractivity contribution in [1.82, 2.24) is 10.2 Å². The molecule has 2 rings (SSSR count). The van der Waals surface area contributed by atoms with Crippen LogP contribution in [0.5, 0.6) is 0 Å². The van der Waals surface area contributed by atoms with Crippen molar-refractivity contribution in [2.24, 2.45) is 5.92 Å². The summed E-state index contributed by atoms with van der Waals surface area (Å²) in [7, 11) is 0. The standard InChI is InChI=1S/C12H16N2.H2/c1-3-9(2)6-10-4-5-11-8-13-14-12(11)7-10;/h4-5,7-9H,3,6H2,1-2H3,(H,13,14);1H. The average molecular weight is 190 g/mol. The number of hydrogen-bond acceptors (Lipinski definition) is 1. The zero-order valence-corrected chi connectivity index (χ0v) is 8.75. The first-order valence-electron chi connectivity index (χ1n) is 5.21. The van der Waals surface area contributed by atoms with Crippen molar-refractivity contribution < 1.29 is 1.43 Å². The van der Waals surface area contributed by atoms with Crippen molar-refractivity contribution in [3.05, 3.63) is 30.0 Å². The van der Waals surface area contributed by atoms with Crippen molar-refractivity contribution >= 4 is 10.9 Å². The van der Waals surface area contributed by atoms with Gasteiger partial charge in [0, 0.05) is 6.81 Å². The molecule has 2 heteroatoms. The van der Waals surface area contributed by atoms with Crippen LogP contribution in [-0.2, 0) is 6.42 Å². The van der Waals surface area contributed by atoms with Gasteiger partial charge >= 0.3 is 0 Å². The molecule has 1 aromatic heterocycles. The molecule has 0 saturated heterocycles. The predicted molar refractivity (Wildman–Crippen MR) is 61.4 cm³/mol. The molecule has 14 heavy (non-hydrogen) atoms. The maximum atomic E-state index is 4.02. The van der Waals surface area contributed by atoms with Crippen LogP contribution < -0.4 is 0 Å². The number of hydrogen-bond donors (Lipinski definition) is 1. The van der Waals surface area contributed by atoms with E-state index in [1.54, 1.807) is 0 Å². The van der Waals surface area contributed by atoms with E-state index in [0.717, 1.165) is 17.9 Å². The minimum absolute atomic E-state index is 0. The van der Waals surface area contributed by atoms with Crippen molar-refractivity contribution in [3.8, 4) is 0 Å². The summed E-state index contributed by atoms with van der Waals surface area (Å²) >= 11 is 0. The number of nitrogens with zero attached hydrogens (tertiary/aromatic N) is 1. The van der Waals surface area contributed by atoms with Gasteiger partial charge in [-0.2, -0.15) is 5.10 Å². The molecular formula is C12H18N2. The second-order valence-corrected chi connectivity index (χ2v) is 4.01. The fourth-order valence-corrected chi connectivity index (χ4v) is 1.66. The Morgan fingerprint density at radius 2 is 2.36 bits per heavy atom. The molecule has 0 fully saturated rings. The Morgan fingerprint density at radius 3 is 3.14 bits per heavy atom. The van der Waals surface area contributed by atoms with Crippen LogP contribution in [0.2, 0.25) is 0 Å². The van der Waals surface area contributed by atoms with Crippen LogP contribution in [0.3, 0.4) is 0 Å². The molecule has 0 radical (unpaired) electrons. The van der Waals surface area contributed by atoms with Gasteiger partial charge in [0.1, 0.15) is 0 Å². The number of fused-ring (bicyclic) bond motifs is 1. The van der Waals surface area contributed by atoms with Gasteiger partial charge < -0.3 is 0 Å². The predicted octanol–water partition coefficient (Wildman–Crippen LogP) is 3.40. The fraction of sp³-hybridized carbons (Fsp3) is 0.417. The normalized spacial score (nSPS) is 13.3. The molecular weight excluding hydrogens is 172 g/mol. The second kappa shape index (κ2) is 3.82. The van der Waals surface area contributed by atoms with Gasteiger partial charge in [-0.25, -0.2) is 0 Å². The van der Waals surface area contributed by atoms with Crippen LogP contribution in [0.15, 0.2) is 24.4 Å². The third-order valence-electron chi connectivity index (χ3n) is 2.79. The summed E-state index contributed by atoms with van der Waals surface area (Å²) < 4.78 is 0. The molecule has 0 bridgehead atoms. The lowest BCUT2D eigenvalue weighted by Crippen LogP contribution is -1.97. The van der Waals surface area contributed by atoms with Crippen LogP contribution in [0, 0.1) is 5.92 Å². The van der Waals surface area contributed by atoms with Gasteiger partial charge in [-0.3, -0.25) is 5.10 Å². The summed E-state index contributed by atoms with van der Waals surface area (Å²) in [5.74, 6) is 0.760. The summed E-state index contributed by atoms with van der Waals surface area (Å²) in [6, 6.07) is 6.54. The Bertz CT molecular complexity index is 422. The highest BCUT2D eigenvalue weighted by atomic mass is 15.1. The first kappa shape index (κ1) is 9.25. The molecule has 0 aliphatic heterocycles. The molecule has 0 aliphatic rings. The Kier molecular flexibility index (Phi) is 2.53. The Hall–Kier alpha value is -1.31. The van der Waals surface area contributed by atoms with Crippen molar-refractivity contribution in [1.29, 1.82) is 0 Å². The highest BCUT2D eigenvalue weighted by Gasteiger charge is 2.02. The minimum Gasteiger partial charge on any atom is -0.278 e. The van der Waals surface area contributed by atoms with E-state index < -0.39 is 0 Å². The molecule has 76 valence electrons. The van der Waals surface area contributed by atoms with Crippen LogP contribution in [-0.4, -0.2) is 10.2 Å². The maximum absolute atomic E-state index is 4.02. The molecule has 2 aromatic rings. The van der Waals surface area contributed by atoms with Gasteiger partial charge in [0.25, 0.3) is 0 Å². The summed E-state index contributed by atoms with van der Waals surface area (Å²) in [4.78, 5) is 0. The molecule has 0 saturated carbocycles. The van der Waals surface area contributed by atoms with E-state index in [9.17, 15) is 0 Å². The second-order valence-electron chi connectivity index (χ2n) is 4.01. The van der Waals surface area contributed by atoms with E-state index in [-0.39, 0.29) is 1.43 Å². The summed E-state index contributed by atoms with van der Waals surface area (Å²) in [5.41, 5.74) is 2.54. The van der Waals surface area contributed by atoms with E-state index in [2.05, 4.69) is 42.2 Å². The average Bonchev–Trinajstić information content (AvgIpc) is 2.64. The van der Waals surface area contributed by atoms with Gasteiger partial charge in [-0.05, 0) is 24.0 Å². The van der Waals surface area contributed by atoms with Gasteiger partial charge in [0.15, 0.2) is 0 Å². The Balaban J connectivity index is 0.00000112. The summed E-state index contributed by atoms with van der Waals surface area (Å²) in [6.45, 7) is 4.52. The van der Waals surface area contributed by atoms with Crippen molar-refractivity contribution in [2.75, 3.05) is 0 Å². The zero-order valence-electron chi connectivity index (χ0n) is 8.75. The van der Waals surface area contributed by atoms with E-state index in [4.69, 9.17) is 0 Å². The summed E-state index contributed by atoms with van der Waals surface area (Å²) in [5, 5.41) is 8.21. The van der Waals surface area contributed by atoms with Crippen LogP contribution in [0.25, 0.3) is 10.9 Å². The largest absolute Gasteiger partial charge is 0.278 e. The van der Waals surface area contributed by atoms with Crippen LogP contribution in [0.4, 0.5) is 0 Å². The molecule has 0 spiro atoms. The number of H-pyrrole nitrogens is 1. The lowest BCUT2D eigenvalue weighted by atomic mass is 9.98. The minimum atomic E-state index is 0. The lowest BCUT2D eigenvalue weighted by Gasteiger charge is -2.07. The number of aromatic nitrogens is 2. The molecule has 2 nitrogen and oxygen atoms in total. The van der Waals surface area contributed by atoms with E-state index in [1.165, 1.54) is 17.4 Å². The lowest BCUT2D eigenvalue weighted by molar-refractivity contribution is 0.560. The van der Waals surface area contributed by atoms with E-state index in [0.29, 0.717) is 0 Å². The van der Waals surface area contributed by atoms with E-state index >= 15 is 0 Å². The Labute approximate surface area is 85.8 Å². The number of nitrogens with one attached hydrogen (secondary N) is 1. The molecule has 1 atom stereocenters. The fourth-order valence-electron chi connectivity index (χ4n) is 1.66. The highest BCUT2D eigenvalue weighted by molar-refractivity contribution is 5.78. The highest BCUT2D eigenvalue weighted by Crippen LogP contribution is 2.16. The van der Waals surface area contributed by atoms with Gasteiger partial charge in [-0.15, -0.1) is 0 Å². The van der Waals surface area contributed by atoms with Crippen LogP contribution >= 0.6 is 0 Å². The zero-order chi connectivity index (χ0) is 9.97. The Morgan fingerprint density at radius 1 is 1.50 bits per heavy atom. The van der Waals surface area contributed by atoms with Crippen molar-refractivity contribution in [2.45, 2.75) is 26.7 Å². The van der Waals surface area contributed by atoms with Crippen LogP contribution in [0.1, 0.15) is 27.3 Å². The van der Waals surface area contributed by atoms with Crippen molar-refractivity contribution in [3.63, 3.8) is 0 Å². The topological polar surface area (TPSA) is 28.7 Å². The first-order valence-corrected chi connectivity index (χ1v) is 5.21. The van der Waals surface area contributed by atoms with E-state index in [1.807, 2.05) is 6.20 Å². The molecule has 0 aliphatic carbocycles. The third kappa shape index (κ3) is 1.79. The number of benzene rings is 1. The SMILES string of the molecule is CCC(C)Cc1ccc2cn[nH]c2c1.[HH]. The molecule has 0 amide bonds. The monoisotopic (exact) mass is 190 g/mol. The maximum Gasteiger partial charge on any atom is 0.0653 e.